The monoisotopic (exact) mass is 556 g/mol. The first kappa shape index (κ1) is 37.0. The van der Waals surface area contributed by atoms with Crippen LogP contribution >= 0.6 is 0 Å². The molecular formula is C36H51F3O. The Bertz CT molecular complexity index is 1030. The Labute approximate surface area is 242 Å². The normalized spacial score (nSPS) is 14.8. The van der Waals surface area contributed by atoms with Crippen molar-refractivity contribution < 1.29 is 17.9 Å². The maximum atomic E-state index is 15.0. The molecule has 0 bridgehead atoms. The van der Waals surface area contributed by atoms with Crippen LogP contribution in [0.3, 0.4) is 0 Å². The number of halogens is 3. The standard InChI is InChI=1S/C36H51F3O/c1-13-14-15-22-40-33(12)36(39)35(38)32(11)29(8)21-19-27(6)30(9)23-34(37)31(10)28(7)20-18-26(5)25(4)17-16-24(2)3/h13,19,21,23-26,28H,1,6,8-12,14-18,20,22H2,2-5,7H3/b21-19-,34-23+,36-35-. The molecule has 1 nitrogen and oxygen atoms in total. The average molecular weight is 557 g/mol. The predicted molar refractivity (Wildman–Crippen MR) is 169 cm³/mol. The zero-order valence-corrected chi connectivity index (χ0v) is 25.6. The second kappa shape index (κ2) is 19.1. The summed E-state index contributed by atoms with van der Waals surface area (Å²) in [6, 6.07) is 0. The van der Waals surface area contributed by atoms with Gasteiger partial charge in [-0.3, -0.25) is 0 Å². The van der Waals surface area contributed by atoms with E-state index in [9.17, 15) is 13.2 Å². The van der Waals surface area contributed by atoms with Crippen molar-refractivity contribution in [3.8, 4) is 0 Å². The lowest BCUT2D eigenvalue weighted by Gasteiger charge is -2.23. The SMILES string of the molecule is C=CCCCOC(=C)/C(F)=C(/F)C(=C)C(=C)/C=C\C(=C)C(=C)/C=C(/F)C(=C)C(C)CCC(C)C(C)CCC(C)C. The van der Waals surface area contributed by atoms with Crippen LogP contribution in [0.15, 0.2) is 121 Å². The molecule has 3 unspecified atom stereocenters. The fourth-order valence-electron chi connectivity index (χ4n) is 3.72. The first-order chi connectivity index (χ1) is 18.6. The van der Waals surface area contributed by atoms with Gasteiger partial charge in [-0.15, -0.1) is 6.58 Å². The highest BCUT2D eigenvalue weighted by molar-refractivity contribution is 5.52. The van der Waals surface area contributed by atoms with Crippen LogP contribution < -0.4 is 0 Å². The molecule has 0 saturated heterocycles. The third kappa shape index (κ3) is 13.9. The number of rotatable bonds is 21. The molecule has 40 heavy (non-hydrogen) atoms. The van der Waals surface area contributed by atoms with Crippen molar-refractivity contribution in [2.75, 3.05) is 6.61 Å². The van der Waals surface area contributed by atoms with Crippen molar-refractivity contribution in [1.82, 2.24) is 0 Å². The molecule has 0 aliphatic heterocycles. The molecule has 0 N–H and O–H groups in total. The van der Waals surface area contributed by atoms with Crippen LogP contribution in [-0.2, 0) is 4.74 Å². The molecule has 0 radical (unpaired) electrons. The molecule has 0 saturated carbocycles. The van der Waals surface area contributed by atoms with Crippen molar-refractivity contribution in [2.24, 2.45) is 23.7 Å². The van der Waals surface area contributed by atoms with Crippen LogP contribution in [0.4, 0.5) is 13.2 Å². The molecule has 3 atom stereocenters. The molecule has 0 aliphatic carbocycles. The van der Waals surface area contributed by atoms with Gasteiger partial charge < -0.3 is 4.74 Å². The fraction of sp³-hybridized carbons (Fsp3) is 0.444. The lowest BCUT2D eigenvalue weighted by atomic mass is 9.83. The summed E-state index contributed by atoms with van der Waals surface area (Å²) >= 11 is 0. The van der Waals surface area contributed by atoms with Gasteiger partial charge in [0.15, 0.2) is 11.6 Å². The Morgan fingerprint density at radius 3 is 1.82 bits per heavy atom. The Morgan fingerprint density at radius 2 is 1.27 bits per heavy atom. The van der Waals surface area contributed by atoms with Gasteiger partial charge in [-0.05, 0) is 77.7 Å². The zero-order valence-electron chi connectivity index (χ0n) is 25.6. The molecular weight excluding hydrogens is 505 g/mol. The van der Waals surface area contributed by atoms with E-state index in [-0.39, 0.29) is 23.7 Å². The Balaban J connectivity index is 5.04. The van der Waals surface area contributed by atoms with Gasteiger partial charge in [-0.25, -0.2) is 8.78 Å². The van der Waals surface area contributed by atoms with Gasteiger partial charge in [-0.2, -0.15) is 4.39 Å². The largest absolute Gasteiger partial charge is 0.491 e. The van der Waals surface area contributed by atoms with Crippen LogP contribution in [0.25, 0.3) is 0 Å². The number of hydrogen-bond acceptors (Lipinski definition) is 1. The summed E-state index contributed by atoms with van der Waals surface area (Å²) in [7, 11) is 0. The Kier molecular flexibility index (Phi) is 17.7. The molecule has 4 heteroatoms. The topological polar surface area (TPSA) is 9.23 Å². The smallest absolute Gasteiger partial charge is 0.200 e. The molecule has 0 fully saturated rings. The van der Waals surface area contributed by atoms with Crippen molar-refractivity contribution in [3.05, 3.63) is 121 Å². The number of hydrogen-bond donors (Lipinski definition) is 0. The summed E-state index contributed by atoms with van der Waals surface area (Å²) in [4.78, 5) is 0. The highest BCUT2D eigenvalue weighted by Gasteiger charge is 2.18. The summed E-state index contributed by atoms with van der Waals surface area (Å²) in [5.74, 6) is -1.44. The molecule has 0 amide bonds. The van der Waals surface area contributed by atoms with Crippen LogP contribution in [-0.4, -0.2) is 6.61 Å². The van der Waals surface area contributed by atoms with E-state index in [4.69, 9.17) is 4.74 Å². The van der Waals surface area contributed by atoms with E-state index in [1.165, 1.54) is 31.1 Å². The van der Waals surface area contributed by atoms with Gasteiger partial charge in [0.05, 0.1) is 6.61 Å². The summed E-state index contributed by atoms with van der Waals surface area (Å²) in [6.45, 7) is 37.3. The van der Waals surface area contributed by atoms with E-state index in [1.54, 1.807) is 6.08 Å². The van der Waals surface area contributed by atoms with Crippen molar-refractivity contribution in [2.45, 2.75) is 73.1 Å². The van der Waals surface area contributed by atoms with Crippen molar-refractivity contribution >= 4 is 0 Å². The minimum absolute atomic E-state index is 0.0129. The number of ether oxygens (including phenoxy) is 1. The second-order valence-corrected chi connectivity index (χ2v) is 11.1. The third-order valence-corrected chi connectivity index (χ3v) is 7.25. The first-order valence-corrected chi connectivity index (χ1v) is 14.1. The van der Waals surface area contributed by atoms with E-state index in [0.29, 0.717) is 47.3 Å². The van der Waals surface area contributed by atoms with E-state index >= 15 is 0 Å². The molecule has 0 spiro atoms. The third-order valence-electron chi connectivity index (χ3n) is 7.25. The van der Waals surface area contributed by atoms with E-state index in [1.807, 2.05) is 6.92 Å². The molecule has 0 aromatic heterocycles. The van der Waals surface area contributed by atoms with Crippen LogP contribution in [0.5, 0.6) is 0 Å². The van der Waals surface area contributed by atoms with Gasteiger partial charge in [0.2, 0.25) is 5.83 Å². The highest BCUT2D eigenvalue weighted by atomic mass is 19.2. The van der Waals surface area contributed by atoms with Gasteiger partial charge in [0.25, 0.3) is 0 Å². The molecule has 222 valence electrons. The maximum absolute atomic E-state index is 15.0. The Hall–Kier alpha value is -3.01. The van der Waals surface area contributed by atoms with Gasteiger partial charge in [-0.1, -0.05) is 105 Å². The highest BCUT2D eigenvalue weighted by Crippen LogP contribution is 2.31. The van der Waals surface area contributed by atoms with E-state index in [2.05, 4.69) is 73.7 Å². The van der Waals surface area contributed by atoms with Gasteiger partial charge in [0.1, 0.15) is 5.83 Å². The lowest BCUT2D eigenvalue weighted by molar-refractivity contribution is 0.205. The first-order valence-electron chi connectivity index (χ1n) is 14.1. The van der Waals surface area contributed by atoms with Gasteiger partial charge in [0, 0.05) is 5.57 Å². The zero-order chi connectivity index (χ0) is 31.0. The van der Waals surface area contributed by atoms with Crippen LogP contribution in [0, 0.1) is 23.7 Å². The molecule has 0 aromatic carbocycles. The van der Waals surface area contributed by atoms with E-state index in [0.717, 1.165) is 12.8 Å². The minimum atomic E-state index is -1.24. The number of unbranched alkanes of at least 4 members (excludes halogenated alkanes) is 1. The Morgan fingerprint density at radius 1 is 0.725 bits per heavy atom. The molecule has 0 aromatic rings. The molecule has 0 rings (SSSR count). The maximum Gasteiger partial charge on any atom is 0.200 e. The second-order valence-electron chi connectivity index (χ2n) is 11.1. The summed E-state index contributed by atoms with van der Waals surface area (Å²) in [6.07, 6.45) is 11.5. The minimum Gasteiger partial charge on any atom is -0.491 e. The number of allylic oxidation sites excluding steroid dienone is 12. The van der Waals surface area contributed by atoms with E-state index < -0.39 is 23.2 Å². The predicted octanol–water partition coefficient (Wildman–Crippen LogP) is 11.9. The quantitative estimate of drug-likeness (QED) is 0.0591. The fourth-order valence-corrected chi connectivity index (χ4v) is 3.72. The molecule has 0 aliphatic rings. The van der Waals surface area contributed by atoms with Crippen molar-refractivity contribution in [1.29, 1.82) is 0 Å². The summed E-state index contributed by atoms with van der Waals surface area (Å²) < 4.78 is 49.0. The van der Waals surface area contributed by atoms with Crippen LogP contribution in [0.1, 0.15) is 73.1 Å². The molecule has 0 heterocycles. The average Bonchev–Trinajstić information content (AvgIpc) is 2.92. The summed E-state index contributed by atoms with van der Waals surface area (Å²) in [5, 5.41) is 0. The van der Waals surface area contributed by atoms with Crippen LogP contribution in [0.2, 0.25) is 0 Å². The summed E-state index contributed by atoms with van der Waals surface area (Å²) in [5.41, 5.74) is 0.990. The van der Waals surface area contributed by atoms with Gasteiger partial charge >= 0.3 is 0 Å². The lowest BCUT2D eigenvalue weighted by Crippen LogP contribution is -2.11. The van der Waals surface area contributed by atoms with Crippen molar-refractivity contribution in [3.63, 3.8) is 0 Å².